The monoisotopic (exact) mass is 197 g/mol. The zero-order chi connectivity index (χ0) is 10.2. The van der Waals surface area contributed by atoms with Gasteiger partial charge in [-0.2, -0.15) is 0 Å². The SMILES string of the molecule is CNC1(CC(N)=O)CN2CCC1CC2. The number of fused-ring (bicyclic) bond motifs is 3. The van der Waals surface area contributed by atoms with Gasteiger partial charge in [-0.05, 0) is 38.9 Å². The molecule has 2 bridgehead atoms. The lowest BCUT2D eigenvalue weighted by molar-refractivity contribution is -0.122. The molecule has 0 saturated carbocycles. The first-order valence-electron chi connectivity index (χ1n) is 5.36. The summed E-state index contributed by atoms with van der Waals surface area (Å²) in [6.45, 7) is 3.36. The molecule has 3 fully saturated rings. The van der Waals surface area contributed by atoms with Crippen LogP contribution in [0.25, 0.3) is 0 Å². The highest BCUT2D eigenvalue weighted by Gasteiger charge is 2.46. The van der Waals surface area contributed by atoms with Crippen molar-refractivity contribution in [2.75, 3.05) is 26.7 Å². The number of carbonyl (C=O) groups excluding carboxylic acids is 1. The number of nitrogens with zero attached hydrogens (tertiary/aromatic N) is 1. The molecular formula is C10H19N3O. The summed E-state index contributed by atoms with van der Waals surface area (Å²) in [5.74, 6) is 0.443. The Kier molecular flexibility index (Phi) is 2.49. The average Bonchev–Trinajstić information content (AvgIpc) is 2.18. The smallest absolute Gasteiger partial charge is 0.219 e. The lowest BCUT2D eigenvalue weighted by Gasteiger charge is -2.53. The minimum Gasteiger partial charge on any atom is -0.370 e. The summed E-state index contributed by atoms with van der Waals surface area (Å²) in [4.78, 5) is 13.5. The molecule has 1 unspecified atom stereocenters. The van der Waals surface area contributed by atoms with Crippen molar-refractivity contribution in [3.05, 3.63) is 0 Å². The van der Waals surface area contributed by atoms with Crippen LogP contribution in [0.3, 0.4) is 0 Å². The molecule has 3 heterocycles. The van der Waals surface area contributed by atoms with E-state index >= 15 is 0 Å². The summed E-state index contributed by atoms with van der Waals surface area (Å²) in [6.07, 6.45) is 2.88. The highest BCUT2D eigenvalue weighted by molar-refractivity contribution is 5.75. The number of amides is 1. The summed E-state index contributed by atoms with van der Waals surface area (Å²) >= 11 is 0. The average molecular weight is 197 g/mol. The van der Waals surface area contributed by atoms with E-state index in [0.29, 0.717) is 12.3 Å². The number of rotatable bonds is 3. The van der Waals surface area contributed by atoms with Crippen LogP contribution < -0.4 is 11.1 Å². The molecule has 0 radical (unpaired) electrons. The Morgan fingerprint density at radius 2 is 2.21 bits per heavy atom. The van der Waals surface area contributed by atoms with E-state index in [0.717, 1.165) is 6.54 Å². The Bertz CT molecular complexity index is 236. The fourth-order valence-corrected chi connectivity index (χ4v) is 3.05. The molecule has 1 amide bonds. The summed E-state index contributed by atoms with van der Waals surface area (Å²) in [6, 6.07) is 0. The maximum atomic E-state index is 11.1. The van der Waals surface area contributed by atoms with Gasteiger partial charge in [0.25, 0.3) is 0 Å². The van der Waals surface area contributed by atoms with Gasteiger partial charge in [-0.25, -0.2) is 0 Å². The molecule has 14 heavy (non-hydrogen) atoms. The second-order valence-electron chi connectivity index (χ2n) is 4.60. The van der Waals surface area contributed by atoms with Gasteiger partial charge in [0.2, 0.25) is 5.91 Å². The quantitative estimate of drug-likeness (QED) is 0.644. The molecule has 3 rings (SSSR count). The lowest BCUT2D eigenvalue weighted by Crippen LogP contribution is -2.66. The number of piperidine rings is 3. The molecule has 4 heteroatoms. The number of hydrogen-bond donors (Lipinski definition) is 2. The first kappa shape index (κ1) is 9.93. The standard InChI is InChI=1S/C10H19N3O/c1-12-10(6-9(11)14)7-13-4-2-8(10)3-5-13/h8,12H,2-7H2,1H3,(H2,11,14). The van der Waals surface area contributed by atoms with E-state index in [9.17, 15) is 4.79 Å². The molecule has 0 spiro atoms. The van der Waals surface area contributed by atoms with Gasteiger partial charge >= 0.3 is 0 Å². The summed E-state index contributed by atoms with van der Waals surface area (Å²) < 4.78 is 0. The largest absolute Gasteiger partial charge is 0.370 e. The van der Waals surface area contributed by atoms with Crippen LogP contribution >= 0.6 is 0 Å². The van der Waals surface area contributed by atoms with Crippen molar-refractivity contribution >= 4 is 5.91 Å². The third-order valence-electron chi connectivity index (χ3n) is 3.86. The van der Waals surface area contributed by atoms with E-state index in [4.69, 9.17) is 5.73 Å². The van der Waals surface area contributed by atoms with Crippen molar-refractivity contribution in [3.8, 4) is 0 Å². The van der Waals surface area contributed by atoms with E-state index in [2.05, 4.69) is 10.2 Å². The first-order chi connectivity index (χ1) is 6.66. The third kappa shape index (κ3) is 1.53. The third-order valence-corrected chi connectivity index (χ3v) is 3.86. The number of nitrogens with one attached hydrogen (secondary N) is 1. The van der Waals surface area contributed by atoms with Crippen molar-refractivity contribution in [3.63, 3.8) is 0 Å². The molecule has 0 aromatic rings. The first-order valence-corrected chi connectivity index (χ1v) is 5.36. The molecule has 3 saturated heterocycles. The number of nitrogens with two attached hydrogens (primary N) is 1. The van der Waals surface area contributed by atoms with Crippen molar-refractivity contribution < 1.29 is 4.79 Å². The van der Waals surface area contributed by atoms with E-state index in [1.807, 2.05) is 7.05 Å². The maximum Gasteiger partial charge on any atom is 0.219 e. The van der Waals surface area contributed by atoms with Gasteiger partial charge in [-0.3, -0.25) is 4.79 Å². The van der Waals surface area contributed by atoms with Crippen LogP contribution in [0.4, 0.5) is 0 Å². The molecule has 1 atom stereocenters. The van der Waals surface area contributed by atoms with Gasteiger partial charge in [-0.15, -0.1) is 0 Å². The highest BCUT2D eigenvalue weighted by Crippen LogP contribution is 2.37. The minimum atomic E-state index is -0.187. The van der Waals surface area contributed by atoms with Crippen molar-refractivity contribution in [1.82, 2.24) is 10.2 Å². The minimum absolute atomic E-state index is 0.0394. The molecular weight excluding hydrogens is 178 g/mol. The molecule has 3 N–H and O–H groups in total. The Morgan fingerprint density at radius 3 is 2.57 bits per heavy atom. The molecule has 3 aliphatic rings. The van der Waals surface area contributed by atoms with Gasteiger partial charge < -0.3 is 16.0 Å². The van der Waals surface area contributed by atoms with Crippen LogP contribution in [0.5, 0.6) is 0 Å². The van der Waals surface area contributed by atoms with Gasteiger partial charge in [0.1, 0.15) is 0 Å². The Labute approximate surface area is 84.8 Å². The Morgan fingerprint density at radius 1 is 1.57 bits per heavy atom. The fraction of sp³-hybridized carbons (Fsp3) is 0.900. The Hall–Kier alpha value is -0.610. The summed E-state index contributed by atoms with van der Waals surface area (Å²) in [5, 5.41) is 3.34. The van der Waals surface area contributed by atoms with E-state index in [1.54, 1.807) is 0 Å². The van der Waals surface area contributed by atoms with Gasteiger partial charge in [0.05, 0.1) is 0 Å². The van der Waals surface area contributed by atoms with Crippen LogP contribution in [0.15, 0.2) is 0 Å². The maximum absolute atomic E-state index is 11.1. The summed E-state index contributed by atoms with van der Waals surface area (Å²) in [7, 11) is 1.95. The fourth-order valence-electron chi connectivity index (χ4n) is 3.05. The van der Waals surface area contributed by atoms with Crippen molar-refractivity contribution in [2.24, 2.45) is 11.7 Å². The van der Waals surface area contributed by atoms with E-state index < -0.39 is 0 Å². The molecule has 0 aromatic heterocycles. The summed E-state index contributed by atoms with van der Waals surface area (Å²) in [5.41, 5.74) is 5.28. The van der Waals surface area contributed by atoms with Crippen LogP contribution in [-0.4, -0.2) is 43.0 Å². The molecule has 80 valence electrons. The zero-order valence-corrected chi connectivity index (χ0v) is 8.75. The van der Waals surface area contributed by atoms with E-state index in [1.165, 1.54) is 25.9 Å². The molecule has 0 aromatic carbocycles. The zero-order valence-electron chi connectivity index (χ0n) is 8.75. The van der Waals surface area contributed by atoms with Crippen molar-refractivity contribution in [1.29, 1.82) is 0 Å². The van der Waals surface area contributed by atoms with Crippen LogP contribution in [0, 0.1) is 5.92 Å². The second kappa shape index (κ2) is 3.51. The van der Waals surface area contributed by atoms with Crippen LogP contribution in [-0.2, 0) is 4.79 Å². The number of primary amides is 1. The molecule has 4 nitrogen and oxygen atoms in total. The van der Waals surface area contributed by atoms with Crippen LogP contribution in [0.1, 0.15) is 19.3 Å². The predicted octanol–water partition coefficient (Wildman–Crippen LogP) is -0.454. The van der Waals surface area contributed by atoms with Crippen LogP contribution in [0.2, 0.25) is 0 Å². The van der Waals surface area contributed by atoms with Crippen molar-refractivity contribution in [2.45, 2.75) is 24.8 Å². The van der Waals surface area contributed by atoms with Gasteiger partial charge in [0.15, 0.2) is 0 Å². The highest BCUT2D eigenvalue weighted by atomic mass is 16.1. The topological polar surface area (TPSA) is 58.4 Å². The second-order valence-corrected chi connectivity index (χ2v) is 4.60. The predicted molar refractivity (Wildman–Crippen MR) is 54.8 cm³/mol. The number of carbonyl (C=O) groups is 1. The number of hydrogen-bond acceptors (Lipinski definition) is 3. The lowest BCUT2D eigenvalue weighted by atomic mass is 9.71. The number of likely N-dealkylation sites (N-methyl/N-ethyl adjacent to an activating group) is 1. The van der Waals surface area contributed by atoms with Gasteiger partial charge in [0, 0.05) is 18.5 Å². The molecule has 0 aliphatic carbocycles. The van der Waals surface area contributed by atoms with Gasteiger partial charge in [-0.1, -0.05) is 0 Å². The Balaban J connectivity index is 2.15. The van der Waals surface area contributed by atoms with E-state index in [-0.39, 0.29) is 11.4 Å². The molecule has 3 aliphatic heterocycles. The normalized spacial score (nSPS) is 41.2.